The minimum atomic E-state index is -0.740. The molecule has 0 spiro atoms. The fraction of sp³-hybridized carbons (Fsp3) is 0.276. The standard InChI is InChI=1S/C29H28N4O6S2/c1-5-8-20-24(27(36)38-6-2)25(17-9-7-10-18(14-17)37-4)33-26(35)21(40-29(33)31-20)15-19-11-12-23(39-19)41-28-30-16(3)13-22(34)32-28/h7,9-15,25H,5-6,8H2,1-4H3,(H,30,32,34)/b21-15+/t25-/m0/s1. The summed E-state index contributed by atoms with van der Waals surface area (Å²) in [5.74, 6) is 0.549. The van der Waals surface area contributed by atoms with Gasteiger partial charge in [-0.2, -0.15) is 0 Å². The summed E-state index contributed by atoms with van der Waals surface area (Å²) in [7, 11) is 1.57. The number of esters is 1. The number of aryl methyl sites for hydroxylation is 1. The monoisotopic (exact) mass is 592 g/mol. The predicted molar refractivity (Wildman–Crippen MR) is 155 cm³/mol. The number of nitrogens with zero attached hydrogens (tertiary/aromatic N) is 3. The van der Waals surface area contributed by atoms with E-state index in [2.05, 4.69) is 9.97 Å². The second-order valence-electron chi connectivity index (χ2n) is 9.14. The third-order valence-electron chi connectivity index (χ3n) is 6.22. The minimum absolute atomic E-state index is 0.196. The van der Waals surface area contributed by atoms with E-state index in [1.54, 1.807) is 39.2 Å². The van der Waals surface area contributed by atoms with Gasteiger partial charge in [0.1, 0.15) is 11.5 Å². The van der Waals surface area contributed by atoms with Gasteiger partial charge in [0.15, 0.2) is 15.1 Å². The van der Waals surface area contributed by atoms with Crippen molar-refractivity contribution >= 4 is 35.1 Å². The molecular weight excluding hydrogens is 564 g/mol. The van der Waals surface area contributed by atoms with Crippen molar-refractivity contribution in [3.63, 3.8) is 0 Å². The van der Waals surface area contributed by atoms with Crippen molar-refractivity contribution in [1.29, 1.82) is 0 Å². The fourth-order valence-corrected chi connectivity index (χ4v) is 6.34. The van der Waals surface area contributed by atoms with Gasteiger partial charge in [0.2, 0.25) is 0 Å². The molecule has 0 fully saturated rings. The quantitative estimate of drug-likeness (QED) is 0.230. The van der Waals surface area contributed by atoms with Crippen LogP contribution in [0.4, 0.5) is 0 Å². The van der Waals surface area contributed by atoms with Gasteiger partial charge in [-0.3, -0.25) is 14.2 Å². The van der Waals surface area contributed by atoms with E-state index in [1.807, 2.05) is 31.2 Å². The van der Waals surface area contributed by atoms with Gasteiger partial charge in [-0.05, 0) is 61.9 Å². The van der Waals surface area contributed by atoms with Crippen LogP contribution < -0.4 is 25.2 Å². The van der Waals surface area contributed by atoms with E-state index in [0.717, 1.165) is 6.42 Å². The Balaban J connectivity index is 1.62. The van der Waals surface area contributed by atoms with Gasteiger partial charge in [-0.25, -0.2) is 14.8 Å². The number of benzene rings is 1. The fourth-order valence-electron chi connectivity index (χ4n) is 4.54. The average molecular weight is 593 g/mol. The molecule has 0 saturated heterocycles. The summed E-state index contributed by atoms with van der Waals surface area (Å²) in [5.41, 5.74) is 1.69. The van der Waals surface area contributed by atoms with Crippen LogP contribution in [0, 0.1) is 6.92 Å². The van der Waals surface area contributed by atoms with Gasteiger partial charge in [-0.15, -0.1) is 0 Å². The van der Waals surface area contributed by atoms with Crippen molar-refractivity contribution < 1.29 is 18.7 Å². The highest BCUT2D eigenvalue weighted by molar-refractivity contribution is 7.99. The Hall–Kier alpha value is -4.16. The predicted octanol–water partition coefficient (Wildman–Crippen LogP) is 3.72. The van der Waals surface area contributed by atoms with Crippen LogP contribution in [0.25, 0.3) is 6.08 Å². The van der Waals surface area contributed by atoms with Crippen molar-refractivity contribution in [2.75, 3.05) is 13.7 Å². The number of H-pyrrole nitrogens is 1. The molecule has 1 aromatic carbocycles. The van der Waals surface area contributed by atoms with E-state index in [0.29, 0.717) is 60.0 Å². The van der Waals surface area contributed by atoms with Crippen LogP contribution in [0.15, 0.2) is 83.0 Å². The Morgan fingerprint density at radius 1 is 1.22 bits per heavy atom. The molecule has 0 bridgehead atoms. The first-order valence-corrected chi connectivity index (χ1v) is 14.7. The van der Waals surface area contributed by atoms with Crippen molar-refractivity contribution in [1.82, 2.24) is 14.5 Å². The number of nitrogens with one attached hydrogen (secondary N) is 1. The second kappa shape index (κ2) is 12.1. The zero-order valence-electron chi connectivity index (χ0n) is 22.9. The maximum Gasteiger partial charge on any atom is 0.338 e. The zero-order valence-corrected chi connectivity index (χ0v) is 24.6. The molecular formula is C29H28N4O6S2. The Morgan fingerprint density at radius 3 is 2.78 bits per heavy atom. The van der Waals surface area contributed by atoms with Crippen molar-refractivity contribution in [2.24, 2.45) is 4.99 Å². The summed E-state index contributed by atoms with van der Waals surface area (Å²) in [6, 6.07) is 11.5. The van der Waals surface area contributed by atoms with E-state index >= 15 is 0 Å². The summed E-state index contributed by atoms with van der Waals surface area (Å²) in [6.45, 7) is 5.69. The number of furan rings is 1. The van der Waals surface area contributed by atoms with Crippen molar-refractivity contribution in [2.45, 2.75) is 49.9 Å². The number of carbonyl (C=O) groups is 1. The normalized spacial score (nSPS) is 15.0. The Labute approximate surface area is 243 Å². The van der Waals surface area contributed by atoms with Crippen LogP contribution in [-0.2, 0) is 9.53 Å². The molecule has 41 heavy (non-hydrogen) atoms. The summed E-state index contributed by atoms with van der Waals surface area (Å²) in [4.78, 5) is 51.2. The Kier molecular flexibility index (Phi) is 8.41. The highest BCUT2D eigenvalue weighted by atomic mass is 32.2. The van der Waals surface area contributed by atoms with Gasteiger partial charge in [0.05, 0.1) is 35.6 Å². The SMILES string of the molecule is CCCC1=C(C(=O)OCC)[C@H](c2cccc(OC)c2)n2c(s/c(=C/c3ccc(Sc4nc(C)cc(=O)[nH]4)o3)c2=O)=N1. The molecule has 4 heterocycles. The number of hydrogen-bond donors (Lipinski definition) is 1. The smallest absolute Gasteiger partial charge is 0.338 e. The van der Waals surface area contributed by atoms with Crippen LogP contribution in [-0.4, -0.2) is 34.2 Å². The molecule has 3 aromatic heterocycles. The minimum Gasteiger partial charge on any atom is -0.497 e. The first-order chi connectivity index (χ1) is 19.8. The number of aromatic amines is 1. The lowest BCUT2D eigenvalue weighted by molar-refractivity contribution is -0.139. The van der Waals surface area contributed by atoms with Gasteiger partial charge in [-0.1, -0.05) is 36.8 Å². The highest BCUT2D eigenvalue weighted by Crippen LogP contribution is 2.34. The maximum absolute atomic E-state index is 13.9. The molecule has 0 amide bonds. The highest BCUT2D eigenvalue weighted by Gasteiger charge is 2.34. The first-order valence-electron chi connectivity index (χ1n) is 13.0. The van der Waals surface area contributed by atoms with Gasteiger partial charge >= 0.3 is 5.97 Å². The lowest BCUT2D eigenvalue weighted by atomic mass is 9.94. The molecule has 12 heteroatoms. The lowest BCUT2D eigenvalue weighted by Crippen LogP contribution is -2.40. The summed E-state index contributed by atoms with van der Waals surface area (Å²) >= 11 is 2.40. The molecule has 10 nitrogen and oxygen atoms in total. The Morgan fingerprint density at radius 2 is 2.05 bits per heavy atom. The van der Waals surface area contributed by atoms with E-state index in [4.69, 9.17) is 18.9 Å². The van der Waals surface area contributed by atoms with E-state index in [-0.39, 0.29) is 17.7 Å². The summed E-state index contributed by atoms with van der Waals surface area (Å²) < 4.78 is 18.7. The van der Waals surface area contributed by atoms with Gasteiger partial charge < -0.3 is 18.9 Å². The lowest BCUT2D eigenvalue weighted by Gasteiger charge is -2.26. The van der Waals surface area contributed by atoms with Crippen LogP contribution in [0.3, 0.4) is 0 Å². The number of rotatable bonds is 9. The van der Waals surface area contributed by atoms with E-state index < -0.39 is 12.0 Å². The maximum atomic E-state index is 13.9. The van der Waals surface area contributed by atoms with Crippen molar-refractivity contribution in [3.8, 4) is 5.75 Å². The number of fused-ring (bicyclic) bond motifs is 1. The van der Waals surface area contributed by atoms with Crippen LogP contribution in [0.1, 0.15) is 49.7 Å². The van der Waals surface area contributed by atoms with E-state index in [9.17, 15) is 14.4 Å². The van der Waals surface area contributed by atoms with Gasteiger partial charge in [0, 0.05) is 17.8 Å². The van der Waals surface area contributed by atoms with E-state index in [1.165, 1.54) is 33.7 Å². The molecule has 212 valence electrons. The molecule has 1 N–H and O–H groups in total. The number of hydrogen-bond acceptors (Lipinski definition) is 10. The Bertz CT molecular complexity index is 1880. The third kappa shape index (κ3) is 5.98. The molecule has 0 unspecified atom stereocenters. The number of allylic oxidation sites excluding steroid dienone is 1. The molecule has 0 saturated carbocycles. The number of carbonyl (C=O) groups excluding carboxylic acids is 1. The first kappa shape index (κ1) is 28.4. The number of aromatic nitrogens is 3. The molecule has 0 aliphatic carbocycles. The number of ether oxygens (including phenoxy) is 2. The van der Waals surface area contributed by atoms with Crippen LogP contribution >= 0.6 is 23.1 Å². The molecule has 1 aliphatic heterocycles. The van der Waals surface area contributed by atoms with Crippen molar-refractivity contribution in [3.05, 3.63) is 101 Å². The summed E-state index contributed by atoms with van der Waals surface area (Å²) in [5, 5.41) is 0.908. The zero-order chi connectivity index (χ0) is 29.1. The van der Waals surface area contributed by atoms with Gasteiger partial charge in [0.25, 0.3) is 11.1 Å². The molecule has 1 atom stereocenters. The third-order valence-corrected chi connectivity index (χ3v) is 8.01. The number of methoxy groups -OCH3 is 1. The molecule has 5 rings (SSSR count). The molecule has 4 aromatic rings. The molecule has 1 aliphatic rings. The molecule has 0 radical (unpaired) electrons. The largest absolute Gasteiger partial charge is 0.497 e. The second-order valence-corrected chi connectivity index (χ2v) is 11.1. The van der Waals surface area contributed by atoms with Crippen LogP contribution in [0.5, 0.6) is 5.75 Å². The topological polar surface area (TPSA) is 129 Å². The number of thiazole rings is 1. The average Bonchev–Trinajstić information content (AvgIpc) is 3.50. The van der Waals surface area contributed by atoms with Crippen LogP contribution in [0.2, 0.25) is 0 Å². The summed E-state index contributed by atoms with van der Waals surface area (Å²) in [6.07, 6.45) is 2.96.